The number of hydrogen-bond acceptors (Lipinski definition) is 5. The van der Waals surface area contributed by atoms with Crippen LogP contribution in [0.1, 0.15) is 12.8 Å². The molecule has 6 nitrogen and oxygen atoms in total. The van der Waals surface area contributed by atoms with E-state index < -0.39 is 45.9 Å². The minimum Gasteiger partial charge on any atom is -0.484 e. The summed E-state index contributed by atoms with van der Waals surface area (Å²) in [5, 5.41) is 7.86. The molecule has 1 aliphatic carbocycles. The molecule has 1 saturated carbocycles. The van der Waals surface area contributed by atoms with Crippen molar-refractivity contribution in [1.29, 1.82) is 0 Å². The summed E-state index contributed by atoms with van der Waals surface area (Å²) >= 11 is 5.92. The number of ether oxygens (including phenoxy) is 2. The molecule has 146 valence electrons. The third-order valence-corrected chi connectivity index (χ3v) is 6.79. The Labute approximate surface area is 152 Å². The van der Waals surface area contributed by atoms with E-state index in [4.69, 9.17) is 16.3 Å². The van der Waals surface area contributed by atoms with Gasteiger partial charge < -0.3 is 14.6 Å². The van der Waals surface area contributed by atoms with Crippen LogP contribution in [-0.4, -0.2) is 50.7 Å². The van der Waals surface area contributed by atoms with Crippen molar-refractivity contribution < 1.29 is 41.0 Å². The highest BCUT2D eigenvalue weighted by Gasteiger charge is 2.45. The Morgan fingerprint density at radius 2 is 2.00 bits per heavy atom. The van der Waals surface area contributed by atoms with E-state index in [1.54, 1.807) is 0 Å². The van der Waals surface area contributed by atoms with Gasteiger partial charge in [0, 0.05) is 13.2 Å². The molecule has 11 heteroatoms. The highest BCUT2D eigenvalue weighted by molar-refractivity contribution is 7.92. The van der Waals surface area contributed by atoms with E-state index in [0.717, 1.165) is 18.2 Å². The quantitative estimate of drug-likeness (QED) is 0.766. The van der Waals surface area contributed by atoms with Gasteiger partial charge in [0.15, 0.2) is 16.4 Å². The maximum absolute atomic E-state index is 12.8. The van der Waals surface area contributed by atoms with Crippen LogP contribution in [0.5, 0.6) is 5.75 Å². The van der Waals surface area contributed by atoms with Gasteiger partial charge in [0.1, 0.15) is 5.75 Å². The molecule has 3 atom stereocenters. The van der Waals surface area contributed by atoms with Gasteiger partial charge in [0.05, 0.1) is 27.2 Å². The fourth-order valence-electron chi connectivity index (χ4n) is 2.88. The number of carbonyl (C=O) groups is 1. The number of carboxylic acids is 1. The largest absolute Gasteiger partial charge is 0.484 e. The number of methoxy groups -OCH3 is 1. The zero-order chi connectivity index (χ0) is 19.7. The van der Waals surface area contributed by atoms with Gasteiger partial charge in [-0.25, -0.2) is 8.42 Å². The third-order valence-electron chi connectivity index (χ3n) is 4.13. The van der Waals surface area contributed by atoms with Crippen LogP contribution in [0.4, 0.5) is 13.2 Å². The predicted molar refractivity (Wildman–Crippen MR) is 85.1 cm³/mol. The Balaban J connectivity index is 2.23. The van der Waals surface area contributed by atoms with Gasteiger partial charge in [-0.1, -0.05) is 11.6 Å². The minimum absolute atomic E-state index is 0.0154. The minimum atomic E-state index is -4.54. The average Bonchev–Trinajstić information content (AvgIpc) is 2.97. The summed E-state index contributed by atoms with van der Waals surface area (Å²) in [6, 6.07) is 3.11. The van der Waals surface area contributed by atoms with E-state index in [-0.39, 0.29) is 28.5 Å². The number of halogens is 4. The van der Waals surface area contributed by atoms with Crippen LogP contribution in [-0.2, 0) is 19.4 Å². The van der Waals surface area contributed by atoms with Gasteiger partial charge in [-0.2, -0.15) is 13.2 Å². The average molecular weight is 417 g/mol. The molecule has 0 unspecified atom stereocenters. The first kappa shape index (κ1) is 20.8. The van der Waals surface area contributed by atoms with Crippen molar-refractivity contribution in [3.63, 3.8) is 0 Å². The first-order chi connectivity index (χ1) is 12.0. The van der Waals surface area contributed by atoms with Gasteiger partial charge in [0.25, 0.3) is 0 Å². The molecule has 1 N–H and O–H groups in total. The lowest BCUT2D eigenvalue weighted by atomic mass is 10.1. The molecule has 0 aromatic heterocycles. The Morgan fingerprint density at radius 1 is 1.35 bits per heavy atom. The Morgan fingerprint density at radius 3 is 2.46 bits per heavy atom. The summed E-state index contributed by atoms with van der Waals surface area (Å²) in [6.45, 7) is -1.53. The van der Waals surface area contributed by atoms with Crippen LogP contribution in [0, 0.1) is 5.92 Å². The maximum atomic E-state index is 12.8. The van der Waals surface area contributed by atoms with Crippen molar-refractivity contribution in [2.45, 2.75) is 35.3 Å². The Hall–Kier alpha value is -1.52. The molecule has 0 aliphatic heterocycles. The zero-order valence-corrected chi connectivity index (χ0v) is 15.1. The Bertz CT molecular complexity index is 780. The molecule has 0 heterocycles. The second-order valence-electron chi connectivity index (χ2n) is 5.85. The van der Waals surface area contributed by atoms with E-state index in [1.807, 2.05) is 0 Å². The highest BCUT2D eigenvalue weighted by Crippen LogP contribution is 2.38. The van der Waals surface area contributed by atoms with E-state index in [0.29, 0.717) is 0 Å². The van der Waals surface area contributed by atoms with Gasteiger partial charge in [-0.05, 0) is 25.0 Å². The summed E-state index contributed by atoms with van der Waals surface area (Å²) in [5.41, 5.74) is 0. The lowest BCUT2D eigenvalue weighted by Gasteiger charge is -2.15. The van der Waals surface area contributed by atoms with Crippen LogP contribution in [0.25, 0.3) is 0 Å². The van der Waals surface area contributed by atoms with E-state index in [9.17, 15) is 31.5 Å². The van der Waals surface area contributed by atoms with Gasteiger partial charge in [-0.3, -0.25) is 4.79 Å². The Kier molecular flexibility index (Phi) is 6.09. The van der Waals surface area contributed by atoms with Crippen LogP contribution in [0.3, 0.4) is 0 Å². The highest BCUT2D eigenvalue weighted by atomic mass is 35.5. The fourth-order valence-corrected chi connectivity index (χ4v) is 5.22. The number of aliphatic carboxylic acids is 1. The third kappa shape index (κ3) is 4.60. The normalized spacial score (nSPS) is 23.8. The fraction of sp³-hybridized carbons (Fsp3) is 0.533. The monoisotopic (exact) mass is 416 g/mol. The van der Waals surface area contributed by atoms with Crippen LogP contribution in [0.15, 0.2) is 23.1 Å². The van der Waals surface area contributed by atoms with E-state index in [1.165, 1.54) is 7.11 Å². The number of rotatable bonds is 6. The zero-order valence-electron chi connectivity index (χ0n) is 13.5. The maximum Gasteiger partial charge on any atom is 0.422 e. The molecular weight excluding hydrogens is 401 g/mol. The second-order valence-corrected chi connectivity index (χ2v) is 8.46. The molecule has 0 spiro atoms. The topological polar surface area (TPSA) is 89.9 Å². The number of hydrogen-bond donors (Lipinski definition) is 1. The van der Waals surface area contributed by atoms with Crippen LogP contribution >= 0.6 is 11.6 Å². The van der Waals surface area contributed by atoms with Gasteiger partial charge >= 0.3 is 12.1 Å². The standard InChI is InChI=1S/C15H16ClF3O6S/c1-24-12-6-9(5-10(12)14(20)21)26(22,23)13-3-2-8(4-11(13)16)25-7-15(17,18)19/h2-4,9-10,12H,5-7H2,1H3,(H,20,21)/t9-,10-,12-/m1/s1. The number of sulfone groups is 1. The number of alkyl halides is 3. The number of carboxylic acid groups (broad SMARTS) is 1. The molecule has 1 aromatic rings. The lowest BCUT2D eigenvalue weighted by molar-refractivity contribution is -0.153. The van der Waals surface area contributed by atoms with Crippen molar-refractivity contribution in [3.8, 4) is 5.75 Å². The SMILES string of the molecule is CO[C@@H]1C[C@H](S(=O)(=O)c2ccc(OCC(F)(F)F)cc2Cl)C[C@H]1C(=O)O. The smallest absolute Gasteiger partial charge is 0.422 e. The van der Waals surface area contributed by atoms with Crippen LogP contribution < -0.4 is 4.74 Å². The molecule has 1 aliphatic rings. The molecule has 1 aromatic carbocycles. The summed E-state index contributed by atoms with van der Waals surface area (Å²) < 4.78 is 71.6. The first-order valence-electron chi connectivity index (χ1n) is 7.44. The van der Waals surface area contributed by atoms with Crippen LogP contribution in [0.2, 0.25) is 5.02 Å². The van der Waals surface area contributed by atoms with Gasteiger partial charge in [0.2, 0.25) is 0 Å². The second kappa shape index (κ2) is 7.61. The molecule has 0 amide bonds. The lowest BCUT2D eigenvalue weighted by Crippen LogP contribution is -2.24. The van der Waals surface area contributed by atoms with Crippen molar-refractivity contribution in [2.75, 3.05) is 13.7 Å². The van der Waals surface area contributed by atoms with Crippen molar-refractivity contribution in [1.82, 2.24) is 0 Å². The van der Waals surface area contributed by atoms with E-state index >= 15 is 0 Å². The summed E-state index contributed by atoms with van der Waals surface area (Å²) in [5.74, 6) is -2.35. The van der Waals surface area contributed by atoms with Crippen molar-refractivity contribution in [2.24, 2.45) is 5.92 Å². The molecule has 0 saturated heterocycles. The summed E-state index contributed by atoms with van der Waals surface area (Å²) in [7, 11) is -2.69. The molecular formula is C15H16ClF3O6S. The van der Waals surface area contributed by atoms with Crippen molar-refractivity contribution in [3.05, 3.63) is 23.2 Å². The number of benzene rings is 1. The molecule has 0 radical (unpaired) electrons. The first-order valence-corrected chi connectivity index (χ1v) is 9.36. The molecule has 0 bridgehead atoms. The summed E-state index contributed by atoms with van der Waals surface area (Å²) in [6.07, 6.45) is -5.44. The molecule has 2 rings (SSSR count). The van der Waals surface area contributed by atoms with Crippen molar-refractivity contribution >= 4 is 27.4 Å². The predicted octanol–water partition coefficient (Wildman–Crippen LogP) is 2.93. The molecule has 1 fully saturated rings. The van der Waals surface area contributed by atoms with E-state index in [2.05, 4.69) is 4.74 Å². The van der Waals surface area contributed by atoms with Gasteiger partial charge in [-0.15, -0.1) is 0 Å². The summed E-state index contributed by atoms with van der Waals surface area (Å²) in [4.78, 5) is 10.9. The molecule has 26 heavy (non-hydrogen) atoms.